The van der Waals surface area contributed by atoms with Crippen LogP contribution in [0.2, 0.25) is 0 Å². The predicted octanol–water partition coefficient (Wildman–Crippen LogP) is 0.398. The zero-order valence-corrected chi connectivity index (χ0v) is 10.9. The van der Waals surface area contributed by atoms with Crippen molar-refractivity contribution in [2.75, 3.05) is 13.1 Å². The zero-order chi connectivity index (χ0) is 13.5. The number of aliphatic hydroxyl groups is 1. The zero-order valence-electron chi connectivity index (χ0n) is 10.9. The quantitative estimate of drug-likeness (QED) is 0.613. The Labute approximate surface area is 102 Å². The normalized spacial score (nSPS) is 12.8. The molecule has 0 aromatic heterocycles. The molecule has 0 aromatic rings. The topological polar surface area (TPSA) is 87.7 Å². The lowest BCUT2D eigenvalue weighted by Gasteiger charge is -2.19. The van der Waals surface area contributed by atoms with Crippen LogP contribution in [0.25, 0.3) is 0 Å². The smallest absolute Gasteiger partial charge is 0.407 e. The largest absolute Gasteiger partial charge is 0.444 e. The van der Waals surface area contributed by atoms with Crippen molar-refractivity contribution < 1.29 is 19.4 Å². The average molecular weight is 246 g/mol. The van der Waals surface area contributed by atoms with E-state index in [9.17, 15) is 9.59 Å². The van der Waals surface area contributed by atoms with Crippen LogP contribution in [0.5, 0.6) is 0 Å². The molecule has 0 aliphatic rings. The maximum Gasteiger partial charge on any atom is 0.407 e. The fourth-order valence-electron chi connectivity index (χ4n) is 1.02. The summed E-state index contributed by atoms with van der Waals surface area (Å²) in [4.78, 5) is 22.3. The molecule has 6 heteroatoms. The van der Waals surface area contributed by atoms with E-state index in [1.165, 1.54) is 0 Å². The first-order valence-corrected chi connectivity index (χ1v) is 5.62. The van der Waals surface area contributed by atoms with Crippen LogP contribution in [0, 0.1) is 0 Å². The summed E-state index contributed by atoms with van der Waals surface area (Å²) in [6.45, 7) is 7.47. The van der Waals surface area contributed by atoms with Crippen LogP contribution in [0.15, 0.2) is 0 Å². The number of carbonyl (C=O) groups is 2. The maximum absolute atomic E-state index is 11.2. The van der Waals surface area contributed by atoms with E-state index in [1.54, 1.807) is 27.7 Å². The molecule has 2 amide bonds. The minimum atomic E-state index is -0.659. The number of hydrogen-bond donors (Lipinski definition) is 3. The molecule has 100 valence electrons. The molecular formula is C11H22N2O4. The van der Waals surface area contributed by atoms with Gasteiger partial charge >= 0.3 is 6.09 Å². The number of amides is 2. The van der Waals surface area contributed by atoms with Crippen LogP contribution in [0.1, 0.15) is 34.1 Å². The molecule has 0 saturated heterocycles. The van der Waals surface area contributed by atoms with Crippen molar-refractivity contribution in [1.29, 1.82) is 0 Å². The molecule has 0 bridgehead atoms. The van der Waals surface area contributed by atoms with E-state index in [-0.39, 0.29) is 12.3 Å². The Hall–Kier alpha value is -1.30. The summed E-state index contributed by atoms with van der Waals surface area (Å²) in [7, 11) is 0. The lowest BCUT2D eigenvalue weighted by Crippen LogP contribution is -2.38. The minimum absolute atomic E-state index is 0.0619. The second-order valence-corrected chi connectivity index (χ2v) is 4.83. The maximum atomic E-state index is 11.2. The van der Waals surface area contributed by atoms with Crippen LogP contribution >= 0.6 is 0 Å². The second-order valence-electron chi connectivity index (χ2n) is 4.83. The van der Waals surface area contributed by atoms with Gasteiger partial charge < -0.3 is 20.5 Å². The van der Waals surface area contributed by atoms with Gasteiger partial charge in [0.2, 0.25) is 5.91 Å². The molecule has 0 rings (SSSR count). The summed E-state index contributed by atoms with van der Waals surface area (Å²) in [6.07, 6.45) is -1.11. The molecule has 0 spiro atoms. The number of carbonyl (C=O) groups excluding carboxylic acids is 2. The Bertz CT molecular complexity index is 259. The summed E-state index contributed by atoms with van der Waals surface area (Å²) >= 11 is 0. The highest BCUT2D eigenvalue weighted by Crippen LogP contribution is 2.05. The van der Waals surface area contributed by atoms with Gasteiger partial charge in [0.05, 0.1) is 12.5 Å². The van der Waals surface area contributed by atoms with Crippen LogP contribution in [0.3, 0.4) is 0 Å². The fourth-order valence-corrected chi connectivity index (χ4v) is 1.02. The molecule has 0 aliphatic carbocycles. The molecule has 0 radical (unpaired) electrons. The van der Waals surface area contributed by atoms with Gasteiger partial charge in [-0.15, -0.1) is 0 Å². The van der Waals surface area contributed by atoms with Gasteiger partial charge in [-0.25, -0.2) is 4.79 Å². The van der Waals surface area contributed by atoms with Crippen LogP contribution in [-0.4, -0.2) is 41.9 Å². The van der Waals surface area contributed by atoms with E-state index >= 15 is 0 Å². The van der Waals surface area contributed by atoms with Crippen molar-refractivity contribution in [1.82, 2.24) is 10.6 Å². The lowest BCUT2D eigenvalue weighted by molar-refractivity contribution is -0.122. The second kappa shape index (κ2) is 7.11. The molecule has 0 aromatic carbocycles. The predicted molar refractivity (Wildman–Crippen MR) is 63.5 cm³/mol. The monoisotopic (exact) mass is 246 g/mol. The molecule has 0 fully saturated rings. The van der Waals surface area contributed by atoms with E-state index in [0.29, 0.717) is 13.1 Å². The number of nitrogens with one attached hydrogen (secondary N) is 2. The number of alkyl carbamates (subject to hydrolysis) is 1. The SMILES string of the molecule is CC(O)CC(=O)NCCNC(=O)OC(C)(C)C. The number of hydrogen-bond acceptors (Lipinski definition) is 4. The molecule has 0 aliphatic heterocycles. The highest BCUT2D eigenvalue weighted by atomic mass is 16.6. The van der Waals surface area contributed by atoms with Gasteiger partial charge in [0.25, 0.3) is 0 Å². The van der Waals surface area contributed by atoms with Crippen molar-refractivity contribution >= 4 is 12.0 Å². The Morgan fingerprint density at radius 2 is 1.76 bits per heavy atom. The van der Waals surface area contributed by atoms with Crippen molar-refractivity contribution in [2.45, 2.75) is 45.8 Å². The Balaban J connectivity index is 3.58. The van der Waals surface area contributed by atoms with Gasteiger partial charge in [0.1, 0.15) is 5.60 Å². The van der Waals surface area contributed by atoms with Crippen molar-refractivity contribution in [3.05, 3.63) is 0 Å². The molecule has 6 nitrogen and oxygen atoms in total. The molecule has 0 heterocycles. The van der Waals surface area contributed by atoms with E-state index < -0.39 is 17.8 Å². The third-order valence-electron chi connectivity index (χ3n) is 1.60. The standard InChI is InChI=1S/C11H22N2O4/c1-8(14)7-9(15)12-5-6-13-10(16)17-11(2,3)4/h8,14H,5-7H2,1-4H3,(H,12,15)(H,13,16). The van der Waals surface area contributed by atoms with Crippen molar-refractivity contribution in [2.24, 2.45) is 0 Å². The summed E-state index contributed by atoms with van der Waals surface area (Å²) in [5.41, 5.74) is -0.528. The Kier molecular flexibility index (Phi) is 6.57. The van der Waals surface area contributed by atoms with E-state index in [1.807, 2.05) is 0 Å². The molecule has 1 atom stereocenters. The summed E-state index contributed by atoms with van der Waals surface area (Å²) in [5, 5.41) is 14.0. The van der Waals surface area contributed by atoms with Gasteiger partial charge in [-0.05, 0) is 27.7 Å². The molecular weight excluding hydrogens is 224 g/mol. The van der Waals surface area contributed by atoms with E-state index in [4.69, 9.17) is 9.84 Å². The molecule has 17 heavy (non-hydrogen) atoms. The molecule has 0 saturated carbocycles. The lowest BCUT2D eigenvalue weighted by atomic mass is 10.2. The minimum Gasteiger partial charge on any atom is -0.444 e. The summed E-state index contributed by atoms with van der Waals surface area (Å²) < 4.78 is 5.01. The van der Waals surface area contributed by atoms with E-state index in [0.717, 1.165) is 0 Å². The van der Waals surface area contributed by atoms with Gasteiger partial charge in [0.15, 0.2) is 0 Å². The number of aliphatic hydroxyl groups excluding tert-OH is 1. The highest BCUT2D eigenvalue weighted by Gasteiger charge is 2.15. The van der Waals surface area contributed by atoms with E-state index in [2.05, 4.69) is 10.6 Å². The third kappa shape index (κ3) is 11.0. The van der Waals surface area contributed by atoms with Crippen LogP contribution < -0.4 is 10.6 Å². The van der Waals surface area contributed by atoms with Gasteiger partial charge in [0, 0.05) is 13.1 Å². The first-order valence-electron chi connectivity index (χ1n) is 5.62. The van der Waals surface area contributed by atoms with Crippen molar-refractivity contribution in [3.63, 3.8) is 0 Å². The Morgan fingerprint density at radius 1 is 1.24 bits per heavy atom. The summed E-state index contributed by atoms with van der Waals surface area (Å²) in [5.74, 6) is -0.244. The number of rotatable bonds is 5. The highest BCUT2D eigenvalue weighted by molar-refractivity contribution is 5.76. The summed E-state index contributed by atoms with van der Waals surface area (Å²) in [6, 6.07) is 0. The molecule has 3 N–H and O–H groups in total. The fraction of sp³-hybridized carbons (Fsp3) is 0.818. The van der Waals surface area contributed by atoms with Gasteiger partial charge in [-0.3, -0.25) is 4.79 Å². The third-order valence-corrected chi connectivity index (χ3v) is 1.60. The number of ether oxygens (including phenoxy) is 1. The van der Waals surface area contributed by atoms with Crippen LogP contribution in [0.4, 0.5) is 4.79 Å². The average Bonchev–Trinajstić information content (AvgIpc) is 2.08. The van der Waals surface area contributed by atoms with Gasteiger partial charge in [-0.2, -0.15) is 0 Å². The molecule has 1 unspecified atom stereocenters. The first kappa shape index (κ1) is 15.7. The first-order chi connectivity index (χ1) is 7.70. The van der Waals surface area contributed by atoms with Crippen LogP contribution in [-0.2, 0) is 9.53 Å². The van der Waals surface area contributed by atoms with Gasteiger partial charge in [-0.1, -0.05) is 0 Å². The Morgan fingerprint density at radius 3 is 2.24 bits per heavy atom. The van der Waals surface area contributed by atoms with Crippen molar-refractivity contribution in [3.8, 4) is 0 Å².